The number of thiazole rings is 1. The summed E-state index contributed by atoms with van der Waals surface area (Å²) in [6.07, 6.45) is 5.51. The van der Waals surface area contributed by atoms with Crippen LogP contribution in [0.1, 0.15) is 69.9 Å². The Balaban J connectivity index is 1.76. The van der Waals surface area contributed by atoms with E-state index in [1.807, 2.05) is 11.3 Å². The summed E-state index contributed by atoms with van der Waals surface area (Å²) in [6, 6.07) is 1.31. The van der Waals surface area contributed by atoms with E-state index < -0.39 is 0 Å². The lowest BCUT2D eigenvalue weighted by Crippen LogP contribution is -2.32. The zero-order chi connectivity index (χ0) is 15.0. The molecule has 2 aliphatic rings. The second-order valence-electron chi connectivity index (χ2n) is 7.30. The molecular weight excluding hydrogens is 278 g/mol. The van der Waals surface area contributed by atoms with E-state index in [0.717, 1.165) is 18.5 Å². The number of hydrogen-bond donors (Lipinski definition) is 1. The fraction of sp³-hybridized carbons (Fsp3) is 0.824. The SMILES string of the molecule is CC(C)c1nc(N(CC2CC2)C(C)C)sc1CNC1CC1. The van der Waals surface area contributed by atoms with Gasteiger partial charge in [-0.3, -0.25) is 0 Å². The standard InChI is InChI=1S/C17H29N3S/c1-11(2)16-15(9-18-14-7-8-14)21-17(19-16)20(12(3)4)10-13-5-6-13/h11-14,18H,5-10H2,1-4H3. The van der Waals surface area contributed by atoms with E-state index in [1.165, 1.54) is 47.9 Å². The van der Waals surface area contributed by atoms with E-state index in [-0.39, 0.29) is 0 Å². The molecule has 0 aliphatic heterocycles. The number of hydrogen-bond acceptors (Lipinski definition) is 4. The number of nitrogens with one attached hydrogen (secondary N) is 1. The van der Waals surface area contributed by atoms with Crippen LogP contribution >= 0.6 is 11.3 Å². The van der Waals surface area contributed by atoms with E-state index in [9.17, 15) is 0 Å². The highest BCUT2D eigenvalue weighted by Gasteiger charge is 2.28. The van der Waals surface area contributed by atoms with Gasteiger partial charge in [-0.05, 0) is 51.4 Å². The molecule has 1 heterocycles. The number of anilines is 1. The van der Waals surface area contributed by atoms with Crippen LogP contribution in [0.2, 0.25) is 0 Å². The normalized spacial score (nSPS) is 18.8. The lowest BCUT2D eigenvalue weighted by Gasteiger charge is -2.26. The van der Waals surface area contributed by atoms with Gasteiger partial charge in [-0.15, -0.1) is 11.3 Å². The second-order valence-corrected chi connectivity index (χ2v) is 8.37. The van der Waals surface area contributed by atoms with E-state index in [1.54, 1.807) is 0 Å². The zero-order valence-electron chi connectivity index (χ0n) is 13.9. The first kappa shape index (κ1) is 15.3. The van der Waals surface area contributed by atoms with Crippen LogP contribution in [0.3, 0.4) is 0 Å². The number of rotatable bonds is 8. The van der Waals surface area contributed by atoms with Crippen molar-refractivity contribution in [3.05, 3.63) is 10.6 Å². The Morgan fingerprint density at radius 3 is 2.43 bits per heavy atom. The average molecular weight is 308 g/mol. The van der Waals surface area contributed by atoms with Crippen molar-refractivity contribution in [3.63, 3.8) is 0 Å². The molecule has 0 amide bonds. The Morgan fingerprint density at radius 1 is 1.19 bits per heavy atom. The van der Waals surface area contributed by atoms with Crippen molar-refractivity contribution in [2.75, 3.05) is 11.4 Å². The Labute approximate surface area is 133 Å². The maximum absolute atomic E-state index is 5.01. The average Bonchev–Trinajstić information content (AvgIpc) is 3.33. The molecule has 21 heavy (non-hydrogen) atoms. The lowest BCUT2D eigenvalue weighted by atomic mass is 10.1. The van der Waals surface area contributed by atoms with Crippen LogP contribution in [0, 0.1) is 5.92 Å². The summed E-state index contributed by atoms with van der Waals surface area (Å²) in [4.78, 5) is 8.99. The molecule has 0 radical (unpaired) electrons. The zero-order valence-corrected chi connectivity index (χ0v) is 14.7. The molecule has 3 nitrogen and oxygen atoms in total. The van der Waals surface area contributed by atoms with Crippen molar-refractivity contribution in [2.24, 2.45) is 5.92 Å². The summed E-state index contributed by atoms with van der Waals surface area (Å²) < 4.78 is 0. The van der Waals surface area contributed by atoms with Gasteiger partial charge in [0.1, 0.15) is 0 Å². The van der Waals surface area contributed by atoms with E-state index in [0.29, 0.717) is 12.0 Å². The Bertz CT molecular complexity index is 472. The summed E-state index contributed by atoms with van der Waals surface area (Å²) in [5.74, 6) is 1.42. The maximum atomic E-state index is 5.01. The quantitative estimate of drug-likeness (QED) is 0.782. The highest BCUT2D eigenvalue weighted by molar-refractivity contribution is 7.15. The van der Waals surface area contributed by atoms with E-state index >= 15 is 0 Å². The monoisotopic (exact) mass is 307 g/mol. The summed E-state index contributed by atoms with van der Waals surface area (Å²) in [6.45, 7) is 11.3. The molecule has 2 saturated carbocycles. The van der Waals surface area contributed by atoms with Gasteiger partial charge in [-0.2, -0.15) is 0 Å². The van der Waals surface area contributed by atoms with Crippen LogP contribution < -0.4 is 10.2 Å². The van der Waals surface area contributed by atoms with Crippen molar-refractivity contribution in [3.8, 4) is 0 Å². The third-order valence-corrected chi connectivity index (χ3v) is 5.52. The first-order valence-electron chi connectivity index (χ1n) is 8.54. The molecule has 118 valence electrons. The van der Waals surface area contributed by atoms with Crippen LogP contribution in [-0.2, 0) is 6.54 Å². The molecule has 0 saturated heterocycles. The van der Waals surface area contributed by atoms with E-state index in [2.05, 4.69) is 37.9 Å². The van der Waals surface area contributed by atoms with Crippen LogP contribution in [0.4, 0.5) is 5.13 Å². The van der Waals surface area contributed by atoms with Crippen LogP contribution in [0.5, 0.6) is 0 Å². The molecule has 3 rings (SSSR count). The predicted octanol–water partition coefficient (Wildman–Crippen LogP) is 4.14. The number of aromatic nitrogens is 1. The molecule has 0 spiro atoms. The third-order valence-electron chi connectivity index (χ3n) is 4.41. The first-order chi connectivity index (χ1) is 10.0. The summed E-state index contributed by atoms with van der Waals surface area (Å²) >= 11 is 1.92. The molecule has 0 aromatic carbocycles. The molecule has 1 N–H and O–H groups in total. The minimum absolute atomic E-state index is 0.515. The maximum Gasteiger partial charge on any atom is 0.186 e. The topological polar surface area (TPSA) is 28.2 Å². The van der Waals surface area contributed by atoms with Gasteiger partial charge in [0, 0.05) is 30.1 Å². The van der Waals surface area contributed by atoms with Crippen molar-refractivity contribution in [1.29, 1.82) is 0 Å². The molecule has 0 atom stereocenters. The van der Waals surface area contributed by atoms with Crippen LogP contribution in [0.25, 0.3) is 0 Å². The first-order valence-corrected chi connectivity index (χ1v) is 9.36. The Morgan fingerprint density at radius 2 is 1.90 bits per heavy atom. The summed E-state index contributed by atoms with van der Waals surface area (Å²) in [7, 11) is 0. The molecule has 2 aliphatic carbocycles. The van der Waals surface area contributed by atoms with Gasteiger partial charge in [0.2, 0.25) is 0 Å². The largest absolute Gasteiger partial charge is 0.345 e. The van der Waals surface area contributed by atoms with E-state index in [4.69, 9.17) is 4.98 Å². The minimum Gasteiger partial charge on any atom is -0.345 e. The number of nitrogens with zero attached hydrogens (tertiary/aromatic N) is 2. The van der Waals surface area contributed by atoms with Gasteiger partial charge in [0.25, 0.3) is 0 Å². The second kappa shape index (κ2) is 6.25. The fourth-order valence-electron chi connectivity index (χ4n) is 2.66. The summed E-state index contributed by atoms with van der Waals surface area (Å²) in [5.41, 5.74) is 1.31. The molecule has 1 aromatic rings. The van der Waals surface area contributed by atoms with Gasteiger partial charge in [0.05, 0.1) is 5.69 Å². The molecular formula is C17H29N3S. The smallest absolute Gasteiger partial charge is 0.186 e. The highest BCUT2D eigenvalue weighted by atomic mass is 32.1. The van der Waals surface area contributed by atoms with Gasteiger partial charge in [0.15, 0.2) is 5.13 Å². The molecule has 2 fully saturated rings. The third kappa shape index (κ3) is 3.98. The minimum atomic E-state index is 0.515. The van der Waals surface area contributed by atoms with Gasteiger partial charge < -0.3 is 10.2 Å². The van der Waals surface area contributed by atoms with Gasteiger partial charge >= 0.3 is 0 Å². The molecule has 4 heteroatoms. The van der Waals surface area contributed by atoms with Crippen LogP contribution in [0.15, 0.2) is 0 Å². The Kier molecular flexibility index (Phi) is 4.55. The predicted molar refractivity (Wildman–Crippen MR) is 91.3 cm³/mol. The van der Waals surface area contributed by atoms with Crippen molar-refractivity contribution >= 4 is 16.5 Å². The molecule has 1 aromatic heterocycles. The lowest BCUT2D eigenvalue weighted by molar-refractivity contribution is 0.640. The van der Waals surface area contributed by atoms with Crippen molar-refractivity contribution < 1.29 is 0 Å². The molecule has 0 unspecified atom stereocenters. The fourth-order valence-corrected chi connectivity index (χ4v) is 3.97. The van der Waals surface area contributed by atoms with Gasteiger partial charge in [-0.1, -0.05) is 13.8 Å². The highest BCUT2D eigenvalue weighted by Crippen LogP contribution is 2.36. The van der Waals surface area contributed by atoms with Crippen LogP contribution in [-0.4, -0.2) is 23.6 Å². The van der Waals surface area contributed by atoms with Crippen molar-refractivity contribution in [1.82, 2.24) is 10.3 Å². The van der Waals surface area contributed by atoms with Crippen molar-refractivity contribution in [2.45, 2.75) is 77.9 Å². The summed E-state index contributed by atoms with van der Waals surface area (Å²) in [5, 5.41) is 4.90. The van der Waals surface area contributed by atoms with Gasteiger partial charge in [-0.25, -0.2) is 4.98 Å². The Hall–Kier alpha value is -0.610. The molecule has 0 bridgehead atoms.